The second-order valence-corrected chi connectivity index (χ2v) is 7.98. The number of nitrogens with zero attached hydrogens (tertiary/aromatic N) is 2. The van der Waals surface area contributed by atoms with E-state index in [1.165, 1.54) is 5.56 Å². The Morgan fingerprint density at radius 1 is 0.967 bits per heavy atom. The van der Waals surface area contributed by atoms with Crippen molar-refractivity contribution in [1.82, 2.24) is 14.9 Å². The molecule has 1 aromatic heterocycles. The third-order valence-electron chi connectivity index (χ3n) is 5.49. The van der Waals surface area contributed by atoms with Crippen LogP contribution >= 0.6 is 11.6 Å². The average molecular weight is 414 g/mol. The van der Waals surface area contributed by atoms with Crippen molar-refractivity contribution in [2.45, 2.75) is 18.4 Å². The van der Waals surface area contributed by atoms with Crippen molar-refractivity contribution in [1.29, 1.82) is 0 Å². The van der Waals surface area contributed by atoms with E-state index >= 15 is 0 Å². The summed E-state index contributed by atoms with van der Waals surface area (Å²) in [6.07, 6.45) is 4.25. The molecule has 0 spiro atoms. The van der Waals surface area contributed by atoms with Crippen LogP contribution in [-0.2, 0) is 0 Å². The van der Waals surface area contributed by atoms with Gasteiger partial charge in [0.05, 0.1) is 12.5 Å². The van der Waals surface area contributed by atoms with Crippen LogP contribution in [0.3, 0.4) is 0 Å². The fraction of sp³-hybridized carbons (Fsp3) is 0.120. The SMILES string of the molecule is O=C(N[C@@H]1C[C@@H]1c1ccccc1)c1cncn1-c1cccc(-c2cccc(Cl)c2)c1. The number of rotatable bonds is 5. The van der Waals surface area contributed by atoms with Crippen molar-refractivity contribution in [2.24, 2.45) is 0 Å². The molecule has 0 bridgehead atoms. The fourth-order valence-electron chi connectivity index (χ4n) is 3.84. The summed E-state index contributed by atoms with van der Waals surface area (Å²) in [6.45, 7) is 0. The Hall–Kier alpha value is -3.37. The number of aromatic nitrogens is 2. The zero-order valence-corrected chi connectivity index (χ0v) is 17.0. The summed E-state index contributed by atoms with van der Waals surface area (Å²) in [5.41, 5.74) is 4.73. The maximum atomic E-state index is 12.9. The molecule has 0 saturated heterocycles. The summed E-state index contributed by atoms with van der Waals surface area (Å²) in [5, 5.41) is 3.84. The highest BCUT2D eigenvalue weighted by Crippen LogP contribution is 2.40. The van der Waals surface area contributed by atoms with Gasteiger partial charge in [0.1, 0.15) is 5.69 Å². The first kappa shape index (κ1) is 18.6. The van der Waals surface area contributed by atoms with Crippen LogP contribution < -0.4 is 5.32 Å². The molecule has 2 atom stereocenters. The van der Waals surface area contributed by atoms with Crippen LogP contribution in [0, 0.1) is 0 Å². The molecule has 4 nitrogen and oxygen atoms in total. The highest BCUT2D eigenvalue weighted by molar-refractivity contribution is 6.30. The zero-order chi connectivity index (χ0) is 20.5. The maximum absolute atomic E-state index is 12.9. The molecule has 1 heterocycles. The van der Waals surface area contributed by atoms with E-state index in [-0.39, 0.29) is 11.9 Å². The van der Waals surface area contributed by atoms with Crippen molar-refractivity contribution >= 4 is 17.5 Å². The van der Waals surface area contributed by atoms with Crippen LogP contribution in [-0.4, -0.2) is 21.5 Å². The minimum atomic E-state index is -0.107. The van der Waals surface area contributed by atoms with Gasteiger partial charge < -0.3 is 5.32 Å². The zero-order valence-electron chi connectivity index (χ0n) is 16.2. The monoisotopic (exact) mass is 413 g/mol. The number of benzene rings is 3. The molecule has 0 radical (unpaired) electrons. The van der Waals surface area contributed by atoms with E-state index < -0.39 is 0 Å². The number of hydrogen-bond donors (Lipinski definition) is 1. The fourth-order valence-corrected chi connectivity index (χ4v) is 4.03. The first-order chi connectivity index (χ1) is 14.7. The maximum Gasteiger partial charge on any atom is 0.270 e. The number of carbonyl (C=O) groups is 1. The van der Waals surface area contributed by atoms with E-state index in [2.05, 4.69) is 22.4 Å². The summed E-state index contributed by atoms with van der Waals surface area (Å²) in [5.74, 6) is 0.279. The third-order valence-corrected chi connectivity index (χ3v) is 5.72. The average Bonchev–Trinajstić information content (AvgIpc) is 3.36. The predicted molar refractivity (Wildman–Crippen MR) is 119 cm³/mol. The Bertz CT molecular complexity index is 1200. The molecule has 148 valence electrons. The van der Waals surface area contributed by atoms with E-state index in [9.17, 15) is 4.79 Å². The van der Waals surface area contributed by atoms with Gasteiger partial charge in [-0.3, -0.25) is 9.36 Å². The van der Waals surface area contributed by atoms with Crippen LogP contribution in [0.15, 0.2) is 91.4 Å². The van der Waals surface area contributed by atoms with Crippen LogP contribution in [0.5, 0.6) is 0 Å². The lowest BCUT2D eigenvalue weighted by molar-refractivity contribution is 0.0943. The molecule has 0 aliphatic heterocycles. The van der Waals surface area contributed by atoms with Gasteiger partial charge in [0.15, 0.2) is 0 Å². The molecule has 1 saturated carbocycles. The molecule has 4 aromatic rings. The third kappa shape index (κ3) is 3.74. The number of imidazole rings is 1. The summed E-state index contributed by atoms with van der Waals surface area (Å²) in [6, 6.07) is 26.2. The first-order valence-corrected chi connectivity index (χ1v) is 10.3. The van der Waals surface area contributed by atoms with E-state index in [0.29, 0.717) is 16.6 Å². The number of hydrogen-bond acceptors (Lipinski definition) is 2. The molecule has 1 amide bonds. The van der Waals surface area contributed by atoms with Gasteiger partial charge in [0.25, 0.3) is 5.91 Å². The lowest BCUT2D eigenvalue weighted by Gasteiger charge is -2.11. The quantitative estimate of drug-likeness (QED) is 0.471. The molecule has 0 unspecified atom stereocenters. The molecule has 5 rings (SSSR count). The van der Waals surface area contributed by atoms with Crippen molar-refractivity contribution in [3.05, 3.63) is 108 Å². The molecular formula is C25H20ClN3O. The first-order valence-electron chi connectivity index (χ1n) is 9.93. The van der Waals surface area contributed by atoms with Gasteiger partial charge >= 0.3 is 0 Å². The molecule has 1 aliphatic rings. The van der Waals surface area contributed by atoms with Gasteiger partial charge in [-0.1, -0.05) is 66.2 Å². The Labute approximate surface area is 180 Å². The van der Waals surface area contributed by atoms with Gasteiger partial charge in [0, 0.05) is 22.7 Å². The highest BCUT2D eigenvalue weighted by atomic mass is 35.5. The standard InChI is InChI=1S/C25H20ClN3O/c26-20-10-4-8-18(12-20)19-9-5-11-21(13-19)29-16-27-15-24(29)25(30)28-23-14-22(23)17-6-2-1-3-7-17/h1-13,15-16,22-23H,14H2,(H,28,30)/t22-,23-/m1/s1. The lowest BCUT2D eigenvalue weighted by atomic mass is 10.1. The number of nitrogens with one attached hydrogen (secondary N) is 1. The normalized spacial score (nSPS) is 17.5. The topological polar surface area (TPSA) is 46.9 Å². The molecule has 3 aromatic carbocycles. The molecule has 1 aliphatic carbocycles. The minimum Gasteiger partial charge on any atom is -0.347 e. The van der Waals surface area contributed by atoms with Crippen molar-refractivity contribution in [3.63, 3.8) is 0 Å². The number of carbonyl (C=O) groups excluding carboxylic acids is 1. The molecule has 30 heavy (non-hydrogen) atoms. The highest BCUT2D eigenvalue weighted by Gasteiger charge is 2.39. The van der Waals surface area contributed by atoms with Gasteiger partial charge in [-0.05, 0) is 47.4 Å². The lowest BCUT2D eigenvalue weighted by Crippen LogP contribution is -2.28. The Balaban J connectivity index is 1.36. The number of halogens is 1. The Morgan fingerprint density at radius 3 is 2.53 bits per heavy atom. The Morgan fingerprint density at radius 2 is 1.73 bits per heavy atom. The van der Waals surface area contributed by atoms with Crippen LogP contribution in [0.1, 0.15) is 28.4 Å². The van der Waals surface area contributed by atoms with E-state index in [1.54, 1.807) is 12.5 Å². The Kier molecular flexibility index (Phi) is 4.85. The second kappa shape index (κ2) is 7.81. The summed E-state index contributed by atoms with van der Waals surface area (Å²) >= 11 is 6.14. The van der Waals surface area contributed by atoms with Crippen molar-refractivity contribution in [3.8, 4) is 16.8 Å². The second-order valence-electron chi connectivity index (χ2n) is 7.54. The summed E-state index contributed by atoms with van der Waals surface area (Å²) in [4.78, 5) is 17.2. The molecule has 1 fully saturated rings. The number of amides is 1. The van der Waals surface area contributed by atoms with Gasteiger partial charge in [-0.25, -0.2) is 4.98 Å². The largest absolute Gasteiger partial charge is 0.347 e. The van der Waals surface area contributed by atoms with E-state index in [1.807, 2.05) is 71.3 Å². The van der Waals surface area contributed by atoms with Gasteiger partial charge in [-0.2, -0.15) is 0 Å². The van der Waals surface area contributed by atoms with E-state index in [4.69, 9.17) is 11.6 Å². The minimum absolute atomic E-state index is 0.107. The smallest absolute Gasteiger partial charge is 0.270 e. The van der Waals surface area contributed by atoms with Crippen molar-refractivity contribution < 1.29 is 4.79 Å². The predicted octanol–water partition coefficient (Wildman–Crippen LogP) is 5.48. The van der Waals surface area contributed by atoms with E-state index in [0.717, 1.165) is 23.2 Å². The van der Waals surface area contributed by atoms with Crippen LogP contribution in [0.25, 0.3) is 16.8 Å². The van der Waals surface area contributed by atoms with Gasteiger partial charge in [0.2, 0.25) is 0 Å². The molecular weight excluding hydrogens is 394 g/mol. The molecule has 5 heteroatoms. The molecule has 1 N–H and O–H groups in total. The van der Waals surface area contributed by atoms with Crippen LogP contribution in [0.4, 0.5) is 0 Å². The van der Waals surface area contributed by atoms with Crippen molar-refractivity contribution in [2.75, 3.05) is 0 Å². The summed E-state index contributed by atoms with van der Waals surface area (Å²) in [7, 11) is 0. The summed E-state index contributed by atoms with van der Waals surface area (Å²) < 4.78 is 1.82. The van der Waals surface area contributed by atoms with Gasteiger partial charge in [-0.15, -0.1) is 0 Å². The van der Waals surface area contributed by atoms with Crippen LogP contribution in [0.2, 0.25) is 5.02 Å².